The van der Waals surface area contributed by atoms with E-state index in [-0.39, 0.29) is 5.56 Å². The maximum absolute atomic E-state index is 14.2. The number of thiocarbonyl (C=S) groups is 1. The smallest absolute Gasteiger partial charge is 0.369 e. The van der Waals surface area contributed by atoms with Gasteiger partial charge in [0.25, 0.3) is 5.56 Å². The molecule has 220 valence electrons. The van der Waals surface area contributed by atoms with E-state index in [1.807, 2.05) is 60.1 Å². The third-order valence-electron chi connectivity index (χ3n) is 7.71. The summed E-state index contributed by atoms with van der Waals surface area (Å²) in [6.07, 6.45) is 5.39. The fraction of sp³-hybridized carbons (Fsp3) is 0.424. The van der Waals surface area contributed by atoms with Crippen molar-refractivity contribution in [3.05, 3.63) is 92.1 Å². The number of nitrogens with one attached hydrogen (secondary N) is 1. The number of benzene rings is 2. The van der Waals surface area contributed by atoms with Crippen LogP contribution >= 0.6 is 12.2 Å². The highest BCUT2D eigenvalue weighted by Gasteiger charge is 2.31. The van der Waals surface area contributed by atoms with Crippen LogP contribution in [0.1, 0.15) is 75.0 Å². The lowest BCUT2D eigenvalue weighted by atomic mass is 9.98. The predicted molar refractivity (Wildman–Crippen MR) is 170 cm³/mol. The van der Waals surface area contributed by atoms with Crippen molar-refractivity contribution in [1.29, 1.82) is 0 Å². The minimum absolute atomic E-state index is 0.0303. The molecule has 2 aromatic carbocycles. The monoisotopic (exact) mass is 585 g/mol. The first-order valence-electron chi connectivity index (χ1n) is 14.9. The van der Waals surface area contributed by atoms with Gasteiger partial charge in [-0.3, -0.25) is 18.9 Å². The van der Waals surface area contributed by atoms with Gasteiger partial charge < -0.3 is 4.90 Å². The van der Waals surface area contributed by atoms with Gasteiger partial charge in [-0.15, -0.1) is 0 Å². The Morgan fingerprint density at radius 1 is 1.12 bits per heavy atom. The molecule has 0 radical (unpaired) electrons. The molecule has 42 heavy (non-hydrogen) atoms. The first-order valence-corrected chi connectivity index (χ1v) is 15.3. The van der Waals surface area contributed by atoms with Crippen LogP contribution in [0.15, 0.2) is 62.6 Å². The molecule has 0 spiro atoms. The van der Waals surface area contributed by atoms with Crippen LogP contribution in [0.5, 0.6) is 0 Å². The number of aromatic nitrogens is 4. The van der Waals surface area contributed by atoms with Crippen molar-refractivity contribution in [3.63, 3.8) is 0 Å². The molecule has 4 aromatic rings. The maximum Gasteiger partial charge on any atom is 0.439 e. The summed E-state index contributed by atoms with van der Waals surface area (Å²) in [6.45, 7) is 7.80. The highest BCUT2D eigenvalue weighted by molar-refractivity contribution is 7.80. The van der Waals surface area contributed by atoms with Crippen LogP contribution in [0, 0.1) is 5.92 Å². The zero-order chi connectivity index (χ0) is 29.8. The first kappa shape index (κ1) is 29.6. The molecule has 2 aromatic heterocycles. The molecule has 8 nitrogen and oxygen atoms in total. The minimum atomic E-state index is -0.590. The highest BCUT2D eigenvalue weighted by Crippen LogP contribution is 2.40. The molecule has 1 aliphatic rings. The second kappa shape index (κ2) is 13.0. The fourth-order valence-corrected chi connectivity index (χ4v) is 5.62. The van der Waals surface area contributed by atoms with Crippen molar-refractivity contribution < 1.29 is 4.52 Å². The summed E-state index contributed by atoms with van der Waals surface area (Å²) in [5.74, 6) is 1.50. The van der Waals surface area contributed by atoms with Crippen molar-refractivity contribution in [3.8, 4) is 22.5 Å². The number of hydrogen-bond donors (Lipinski definition) is 1. The lowest BCUT2D eigenvalue weighted by molar-refractivity contribution is 0.388. The maximum atomic E-state index is 14.2. The third-order valence-corrected chi connectivity index (χ3v) is 8.17. The van der Waals surface area contributed by atoms with Gasteiger partial charge in [0.15, 0.2) is 5.82 Å². The van der Waals surface area contributed by atoms with Gasteiger partial charge in [0, 0.05) is 43.5 Å². The van der Waals surface area contributed by atoms with Gasteiger partial charge in [-0.25, -0.2) is 9.78 Å². The summed E-state index contributed by atoms with van der Waals surface area (Å²) < 4.78 is 6.59. The molecular weight excluding hydrogens is 546 g/mol. The second-order valence-electron chi connectivity index (χ2n) is 11.7. The molecule has 0 unspecified atom stereocenters. The van der Waals surface area contributed by atoms with Crippen LogP contribution in [0.2, 0.25) is 0 Å². The first-order chi connectivity index (χ1) is 20.2. The summed E-state index contributed by atoms with van der Waals surface area (Å²) in [5, 5.41) is 3.87. The van der Waals surface area contributed by atoms with Gasteiger partial charge in [0.2, 0.25) is 0 Å². The zero-order valence-electron chi connectivity index (χ0n) is 24.9. The molecule has 2 heterocycles. The average Bonchev–Trinajstić information content (AvgIpc) is 3.73. The zero-order valence-corrected chi connectivity index (χ0v) is 25.7. The molecule has 1 N–H and O–H groups in total. The van der Waals surface area contributed by atoms with Gasteiger partial charge in [-0.05, 0) is 41.9 Å². The molecule has 0 aliphatic heterocycles. The van der Waals surface area contributed by atoms with E-state index in [1.54, 1.807) is 0 Å². The molecule has 0 saturated heterocycles. The molecule has 5 rings (SSSR count). The summed E-state index contributed by atoms with van der Waals surface area (Å²) >= 11 is 5.81. The van der Waals surface area contributed by atoms with Gasteiger partial charge in [0.1, 0.15) is 5.82 Å². The number of unbranched alkanes of at least 4 members (excludes halogenated alkanes) is 1. The number of aromatic amines is 1. The van der Waals surface area contributed by atoms with E-state index in [0.29, 0.717) is 30.6 Å². The normalized spacial score (nSPS) is 13.1. The molecule has 1 saturated carbocycles. The standard InChI is InChI=1S/C33H39N5O3S/c1-5-6-11-28-34-30(24-16-17-24)27(18-29(42)37(4)19-21(2)3)32(39)38(28)20-22-12-14-23(15-13-22)25-9-7-8-10-26(25)31-35-33(40)41-36-31/h7-10,12-15,21,24H,5-6,11,16-20H2,1-4H3,(H,35,36,40). The number of H-pyrrole nitrogens is 1. The number of likely N-dealkylation sites (N-methyl/N-ethyl adjacent to an activating group) is 1. The van der Waals surface area contributed by atoms with Crippen LogP contribution in [0.4, 0.5) is 0 Å². The Hall–Kier alpha value is -3.85. The second-order valence-corrected chi connectivity index (χ2v) is 12.2. The highest BCUT2D eigenvalue weighted by atomic mass is 32.1. The Morgan fingerprint density at radius 2 is 1.83 bits per heavy atom. The van der Waals surface area contributed by atoms with Gasteiger partial charge in [0.05, 0.1) is 17.2 Å². The van der Waals surface area contributed by atoms with Crippen molar-refractivity contribution in [2.75, 3.05) is 13.6 Å². The molecule has 0 atom stereocenters. The third kappa shape index (κ3) is 6.78. The molecule has 1 aliphatic carbocycles. The quantitative estimate of drug-likeness (QED) is 0.204. The fourth-order valence-electron chi connectivity index (χ4n) is 5.40. The molecule has 0 bridgehead atoms. The Bertz CT molecular complexity index is 1660. The summed E-state index contributed by atoms with van der Waals surface area (Å²) in [4.78, 5) is 36.4. The SMILES string of the molecule is CCCCc1nc(C2CC2)c(CC(=S)N(C)CC(C)C)c(=O)n1Cc1ccc(-c2ccccc2-c2noc(=O)[nH]2)cc1. The lowest BCUT2D eigenvalue weighted by Crippen LogP contribution is -2.35. The van der Waals surface area contributed by atoms with E-state index < -0.39 is 5.76 Å². The van der Waals surface area contributed by atoms with Crippen LogP contribution in [-0.4, -0.2) is 43.2 Å². The van der Waals surface area contributed by atoms with Crippen molar-refractivity contribution >= 4 is 17.2 Å². The average molecular weight is 586 g/mol. The van der Waals surface area contributed by atoms with E-state index in [2.05, 4.69) is 35.8 Å². The Kier molecular flexibility index (Phi) is 9.16. The number of nitrogens with zero attached hydrogens (tertiary/aromatic N) is 4. The summed E-state index contributed by atoms with van der Waals surface area (Å²) in [6, 6.07) is 15.9. The predicted octanol–water partition coefficient (Wildman–Crippen LogP) is 5.98. The van der Waals surface area contributed by atoms with Gasteiger partial charge in [-0.1, -0.05) is 93.1 Å². The molecular formula is C33H39N5O3S. The van der Waals surface area contributed by atoms with Crippen LogP contribution in [0.25, 0.3) is 22.5 Å². The van der Waals surface area contributed by atoms with E-state index in [1.165, 1.54) is 0 Å². The van der Waals surface area contributed by atoms with E-state index in [9.17, 15) is 9.59 Å². The van der Waals surface area contributed by atoms with Crippen LogP contribution in [-0.2, 0) is 19.4 Å². The number of aryl methyl sites for hydroxylation is 1. The van der Waals surface area contributed by atoms with Crippen LogP contribution in [0.3, 0.4) is 0 Å². The summed E-state index contributed by atoms with van der Waals surface area (Å²) in [7, 11) is 2.01. The van der Waals surface area contributed by atoms with Crippen molar-refractivity contribution in [2.24, 2.45) is 5.92 Å². The number of hydrogen-bond acceptors (Lipinski definition) is 6. The van der Waals surface area contributed by atoms with Crippen LogP contribution < -0.4 is 11.3 Å². The lowest BCUT2D eigenvalue weighted by Gasteiger charge is -2.23. The van der Waals surface area contributed by atoms with E-state index in [4.69, 9.17) is 21.7 Å². The van der Waals surface area contributed by atoms with Gasteiger partial charge >= 0.3 is 5.76 Å². The topological polar surface area (TPSA) is 97.0 Å². The van der Waals surface area contributed by atoms with E-state index >= 15 is 0 Å². The Morgan fingerprint density at radius 3 is 2.45 bits per heavy atom. The Labute approximate surface area is 251 Å². The Balaban J connectivity index is 1.48. The van der Waals surface area contributed by atoms with Crippen molar-refractivity contribution in [2.45, 2.75) is 71.8 Å². The minimum Gasteiger partial charge on any atom is -0.369 e. The molecule has 9 heteroatoms. The molecule has 0 amide bonds. The largest absolute Gasteiger partial charge is 0.439 e. The summed E-state index contributed by atoms with van der Waals surface area (Å²) in [5.41, 5.74) is 5.42. The molecule has 1 fully saturated rings. The number of rotatable bonds is 12. The van der Waals surface area contributed by atoms with Gasteiger partial charge in [-0.2, -0.15) is 0 Å². The van der Waals surface area contributed by atoms with E-state index in [0.717, 1.165) is 83.0 Å². The van der Waals surface area contributed by atoms with Crippen molar-refractivity contribution in [1.82, 2.24) is 24.6 Å².